The number of amides is 1. The molecule has 4 atom stereocenters. The fourth-order valence-electron chi connectivity index (χ4n) is 5.30. The Morgan fingerprint density at radius 1 is 1.31 bits per heavy atom. The van der Waals surface area contributed by atoms with Crippen LogP contribution in [0.1, 0.15) is 39.2 Å². The second-order valence-electron chi connectivity index (χ2n) is 8.39. The van der Waals surface area contributed by atoms with Gasteiger partial charge in [0.2, 0.25) is 0 Å². The fraction of sp³-hybridized carbons (Fsp3) is 0.524. The van der Waals surface area contributed by atoms with Gasteiger partial charge in [0, 0.05) is 12.0 Å². The molecule has 1 aromatic rings. The number of hydrogen-bond donors (Lipinski definition) is 0. The maximum atomic E-state index is 13.0. The molecule has 3 aliphatic rings. The molecule has 0 radical (unpaired) electrons. The Morgan fingerprint density at radius 3 is 2.65 bits per heavy atom. The van der Waals surface area contributed by atoms with E-state index in [9.17, 15) is 4.79 Å². The molecule has 1 aromatic carbocycles. The van der Waals surface area contributed by atoms with Gasteiger partial charge in [-0.15, -0.1) is 0 Å². The largest absolute Gasteiger partial charge is 0.497 e. The third kappa shape index (κ3) is 2.26. The molecule has 138 valence electrons. The third-order valence-electron chi connectivity index (χ3n) is 7.22. The van der Waals surface area contributed by atoms with Crippen LogP contribution in [0.2, 0.25) is 0 Å². The number of thiocarbonyl (C=S) groups is 1. The molecule has 1 aliphatic heterocycles. The van der Waals surface area contributed by atoms with Crippen LogP contribution in [0.5, 0.6) is 5.75 Å². The highest BCUT2D eigenvalue weighted by Crippen LogP contribution is 2.68. The second kappa shape index (κ2) is 5.81. The number of methoxy groups -OCH3 is 1. The number of carbonyl (C=O) groups excluding carboxylic acids is 1. The molecule has 2 saturated carbocycles. The van der Waals surface area contributed by atoms with E-state index in [-0.39, 0.29) is 28.9 Å². The minimum atomic E-state index is -0.0945. The Morgan fingerprint density at radius 2 is 2.00 bits per heavy atom. The van der Waals surface area contributed by atoms with Crippen molar-refractivity contribution >= 4 is 29.4 Å². The predicted octanol–water partition coefficient (Wildman–Crippen LogP) is 4.05. The van der Waals surface area contributed by atoms with E-state index < -0.39 is 0 Å². The van der Waals surface area contributed by atoms with Crippen molar-refractivity contribution < 1.29 is 14.3 Å². The monoisotopic (exact) mass is 371 g/mol. The summed E-state index contributed by atoms with van der Waals surface area (Å²) in [6.07, 6.45) is 5.72. The standard InChI is InChI=1S/C21H25NO3S/c1-20(2)15-11-12-21(20,3)18-17(15)25-19(26)22(18)16(23)10-7-13-5-8-14(24-4)9-6-13/h5-10,15,17-18H,11-12H2,1-4H3/b10-7+/t15?,17-,18-,21+/m1/s1. The average molecular weight is 372 g/mol. The van der Waals surface area contributed by atoms with Crippen molar-refractivity contribution in [1.29, 1.82) is 0 Å². The van der Waals surface area contributed by atoms with Crippen LogP contribution in [0, 0.1) is 16.7 Å². The maximum absolute atomic E-state index is 13.0. The summed E-state index contributed by atoms with van der Waals surface area (Å²) in [5, 5.41) is 0.331. The van der Waals surface area contributed by atoms with Crippen LogP contribution in [-0.4, -0.2) is 35.2 Å². The quantitative estimate of drug-likeness (QED) is 0.594. The number of rotatable bonds is 3. The number of benzene rings is 1. The van der Waals surface area contributed by atoms with Gasteiger partial charge in [-0.2, -0.15) is 0 Å². The summed E-state index contributed by atoms with van der Waals surface area (Å²) in [5.74, 6) is 1.16. The normalized spacial score (nSPS) is 34.2. The SMILES string of the molecule is COc1ccc(/C=C/C(=O)N2C(=S)O[C@@H]3C4CC[C@@](C)([C@@H]32)C4(C)C)cc1. The van der Waals surface area contributed by atoms with Crippen molar-refractivity contribution in [2.75, 3.05) is 7.11 Å². The summed E-state index contributed by atoms with van der Waals surface area (Å²) in [5.41, 5.74) is 1.13. The Hall–Kier alpha value is -1.88. The van der Waals surface area contributed by atoms with Gasteiger partial charge < -0.3 is 9.47 Å². The van der Waals surface area contributed by atoms with Crippen LogP contribution in [0.3, 0.4) is 0 Å². The van der Waals surface area contributed by atoms with Crippen molar-refractivity contribution in [3.63, 3.8) is 0 Å². The lowest BCUT2D eigenvalue weighted by molar-refractivity contribution is -0.125. The summed E-state index contributed by atoms with van der Waals surface area (Å²) < 4.78 is 11.2. The molecule has 5 heteroatoms. The van der Waals surface area contributed by atoms with Crippen molar-refractivity contribution in [2.45, 2.75) is 45.8 Å². The summed E-state index contributed by atoms with van der Waals surface area (Å²) >= 11 is 5.43. The van der Waals surface area contributed by atoms with Gasteiger partial charge in [0.25, 0.3) is 11.1 Å². The molecule has 1 saturated heterocycles. The average Bonchev–Trinajstić information content (AvgIpc) is 3.13. The molecule has 26 heavy (non-hydrogen) atoms. The number of nitrogens with zero attached hydrogens (tertiary/aromatic N) is 1. The van der Waals surface area contributed by atoms with Crippen molar-refractivity contribution in [2.24, 2.45) is 16.7 Å². The lowest BCUT2D eigenvalue weighted by atomic mass is 9.69. The molecule has 2 bridgehead atoms. The van der Waals surface area contributed by atoms with E-state index in [0.29, 0.717) is 11.1 Å². The summed E-state index contributed by atoms with van der Waals surface area (Å²) in [7, 11) is 1.64. The van der Waals surface area contributed by atoms with Gasteiger partial charge in [0.15, 0.2) is 0 Å². The highest BCUT2D eigenvalue weighted by molar-refractivity contribution is 7.80. The third-order valence-corrected chi connectivity index (χ3v) is 7.51. The van der Waals surface area contributed by atoms with Crippen LogP contribution < -0.4 is 4.74 Å². The highest BCUT2D eigenvalue weighted by Gasteiger charge is 2.72. The summed E-state index contributed by atoms with van der Waals surface area (Å²) in [6, 6.07) is 7.64. The van der Waals surface area contributed by atoms with E-state index in [4.69, 9.17) is 21.7 Å². The van der Waals surface area contributed by atoms with Crippen molar-refractivity contribution in [3.8, 4) is 5.75 Å². The smallest absolute Gasteiger partial charge is 0.267 e. The first-order chi connectivity index (χ1) is 12.3. The van der Waals surface area contributed by atoms with Gasteiger partial charge in [-0.05, 0) is 59.7 Å². The van der Waals surface area contributed by atoms with E-state index >= 15 is 0 Å². The maximum Gasteiger partial charge on any atom is 0.267 e. The zero-order valence-electron chi connectivity index (χ0n) is 15.7. The molecule has 1 unspecified atom stereocenters. The van der Waals surface area contributed by atoms with E-state index in [1.165, 1.54) is 0 Å². The minimum absolute atomic E-state index is 0.0342. The van der Waals surface area contributed by atoms with Crippen molar-refractivity contribution in [3.05, 3.63) is 35.9 Å². The molecule has 4 rings (SSSR count). The van der Waals surface area contributed by atoms with Crippen LogP contribution in [0.4, 0.5) is 0 Å². The number of ether oxygens (including phenoxy) is 2. The molecular weight excluding hydrogens is 346 g/mol. The summed E-state index contributed by atoms with van der Waals surface area (Å²) in [6.45, 7) is 6.92. The topological polar surface area (TPSA) is 38.8 Å². The first-order valence-corrected chi connectivity index (χ1v) is 9.56. The van der Waals surface area contributed by atoms with Gasteiger partial charge in [-0.3, -0.25) is 9.69 Å². The number of carbonyl (C=O) groups is 1. The fourth-order valence-corrected chi connectivity index (χ4v) is 5.62. The highest BCUT2D eigenvalue weighted by atomic mass is 32.1. The van der Waals surface area contributed by atoms with Crippen LogP contribution in [-0.2, 0) is 9.53 Å². The lowest BCUT2D eigenvalue weighted by Crippen LogP contribution is -2.49. The Bertz CT molecular complexity index is 785. The molecule has 0 spiro atoms. The van der Waals surface area contributed by atoms with Gasteiger partial charge in [0.1, 0.15) is 11.9 Å². The molecule has 4 nitrogen and oxygen atoms in total. The zero-order valence-corrected chi connectivity index (χ0v) is 16.5. The molecule has 3 fully saturated rings. The first kappa shape index (κ1) is 17.5. The van der Waals surface area contributed by atoms with Gasteiger partial charge in [0.05, 0.1) is 13.2 Å². The van der Waals surface area contributed by atoms with Gasteiger partial charge >= 0.3 is 0 Å². The lowest BCUT2D eigenvalue weighted by Gasteiger charge is -2.40. The molecule has 0 N–H and O–H groups in total. The number of fused-ring (bicyclic) bond motifs is 5. The Kier molecular flexibility index (Phi) is 3.92. The van der Waals surface area contributed by atoms with Crippen LogP contribution in [0.15, 0.2) is 30.3 Å². The number of hydrogen-bond acceptors (Lipinski definition) is 4. The zero-order chi connectivity index (χ0) is 18.7. The van der Waals surface area contributed by atoms with E-state index in [1.807, 2.05) is 30.3 Å². The molecule has 0 aromatic heterocycles. The molecule has 1 heterocycles. The van der Waals surface area contributed by atoms with E-state index in [1.54, 1.807) is 18.1 Å². The first-order valence-electron chi connectivity index (χ1n) is 9.15. The molecule has 1 amide bonds. The Balaban J connectivity index is 1.58. The van der Waals surface area contributed by atoms with Crippen LogP contribution >= 0.6 is 12.2 Å². The van der Waals surface area contributed by atoms with Gasteiger partial charge in [-0.1, -0.05) is 32.9 Å². The van der Waals surface area contributed by atoms with Crippen LogP contribution in [0.25, 0.3) is 6.08 Å². The summed E-state index contributed by atoms with van der Waals surface area (Å²) in [4.78, 5) is 14.7. The van der Waals surface area contributed by atoms with Crippen molar-refractivity contribution in [1.82, 2.24) is 4.90 Å². The predicted molar refractivity (Wildman–Crippen MR) is 105 cm³/mol. The van der Waals surface area contributed by atoms with Gasteiger partial charge in [-0.25, -0.2) is 0 Å². The Labute approximate surface area is 160 Å². The second-order valence-corrected chi connectivity index (χ2v) is 8.74. The van der Waals surface area contributed by atoms with E-state index in [0.717, 1.165) is 24.2 Å². The minimum Gasteiger partial charge on any atom is -0.497 e. The molecule has 2 aliphatic carbocycles. The van der Waals surface area contributed by atoms with E-state index in [2.05, 4.69) is 20.8 Å². The molecular formula is C21H25NO3S.